The fourth-order valence-corrected chi connectivity index (χ4v) is 3.64. The van der Waals surface area contributed by atoms with Crippen LogP contribution >= 0.6 is 38.4 Å². The third-order valence-electron chi connectivity index (χ3n) is 1.71. The monoisotopic (exact) mass is 356 g/mol. The van der Waals surface area contributed by atoms with Crippen LogP contribution in [0.15, 0.2) is 0 Å². The first-order valence-corrected chi connectivity index (χ1v) is 8.80. The second kappa shape index (κ2) is 6.57. The summed E-state index contributed by atoms with van der Waals surface area (Å²) >= 11 is 10.6. The minimum Gasteiger partial charge on any atom is -0.389 e. The Morgan fingerprint density at radius 3 is 1.47 bits per heavy atom. The van der Waals surface area contributed by atoms with Crippen molar-refractivity contribution >= 4 is 50.3 Å². The van der Waals surface area contributed by atoms with Gasteiger partial charge in [0.15, 0.2) is 0 Å². The molecule has 0 amide bonds. The Balaban J connectivity index is 5.34. The van der Waals surface area contributed by atoms with Gasteiger partial charge in [-0.1, -0.05) is 37.0 Å². The number of carbonyl (C=O) groups excluding carboxylic acids is 2. The molecule has 0 aliphatic carbocycles. The lowest BCUT2D eigenvalue weighted by Gasteiger charge is -2.27. The second-order valence-corrected chi connectivity index (χ2v) is 9.71. The molecule has 0 fully saturated rings. The van der Waals surface area contributed by atoms with Crippen molar-refractivity contribution in [2.45, 2.75) is 30.5 Å². The summed E-state index contributed by atoms with van der Waals surface area (Å²) in [5.74, 6) is -2.34. The van der Waals surface area contributed by atoms with E-state index in [9.17, 15) is 28.5 Å². The standard InChI is InChI=1S/C7H12Cl2O8P2/c1-3-5(10)16-18(12,13)7(8,9)19(14,15)17-6(11)4-2/h3-4H2,1-2H3,(H,12,13)(H,14,15). The van der Waals surface area contributed by atoms with Crippen molar-refractivity contribution < 1.29 is 37.6 Å². The highest BCUT2D eigenvalue weighted by molar-refractivity contribution is 7.79. The third kappa shape index (κ3) is 4.45. The fourth-order valence-electron chi connectivity index (χ4n) is 0.675. The van der Waals surface area contributed by atoms with Crippen LogP contribution in [0.25, 0.3) is 0 Å². The van der Waals surface area contributed by atoms with Gasteiger partial charge in [-0.3, -0.25) is 9.59 Å². The van der Waals surface area contributed by atoms with Gasteiger partial charge in [0.25, 0.3) is 0 Å². The highest BCUT2D eigenvalue weighted by Gasteiger charge is 2.64. The normalized spacial score (nSPS) is 18.0. The number of alkyl halides is 2. The van der Waals surface area contributed by atoms with Crippen molar-refractivity contribution in [1.82, 2.24) is 0 Å². The van der Waals surface area contributed by atoms with E-state index < -0.39 is 30.9 Å². The summed E-state index contributed by atoms with van der Waals surface area (Å²) in [5.41, 5.74) is 0. The SMILES string of the molecule is CCC(=O)OP(=O)(O)C(Cl)(Cl)P(=O)(O)OC(=O)CC. The first kappa shape index (κ1) is 18.9. The van der Waals surface area contributed by atoms with Crippen molar-refractivity contribution in [2.75, 3.05) is 0 Å². The summed E-state index contributed by atoms with van der Waals surface area (Å²) in [6, 6.07) is 0. The molecule has 0 heterocycles. The molecule has 0 aromatic carbocycles. The van der Waals surface area contributed by atoms with Gasteiger partial charge in [0, 0.05) is 12.8 Å². The van der Waals surface area contributed by atoms with E-state index in [4.69, 9.17) is 23.2 Å². The van der Waals surface area contributed by atoms with Crippen molar-refractivity contribution in [3.05, 3.63) is 0 Å². The van der Waals surface area contributed by atoms with E-state index in [-0.39, 0.29) is 12.8 Å². The van der Waals surface area contributed by atoms with Crippen LogP contribution in [0.1, 0.15) is 26.7 Å². The van der Waals surface area contributed by atoms with Crippen LogP contribution in [0, 0.1) is 0 Å². The second-order valence-electron chi connectivity index (χ2n) is 3.18. The number of hydrogen-bond acceptors (Lipinski definition) is 6. The van der Waals surface area contributed by atoms with Crippen LogP contribution in [0.3, 0.4) is 0 Å². The molecule has 0 rings (SSSR count). The van der Waals surface area contributed by atoms with Crippen LogP contribution in [-0.4, -0.2) is 25.5 Å². The summed E-state index contributed by atoms with van der Waals surface area (Å²) in [7, 11) is -10.5. The van der Waals surface area contributed by atoms with Gasteiger partial charge in [-0.05, 0) is 0 Å². The van der Waals surface area contributed by atoms with E-state index in [0.29, 0.717) is 0 Å². The maximum absolute atomic E-state index is 11.6. The van der Waals surface area contributed by atoms with Gasteiger partial charge >= 0.3 is 30.9 Å². The molecule has 2 atom stereocenters. The summed E-state index contributed by atoms with van der Waals surface area (Å²) in [6.07, 6.45) is -0.586. The first-order chi connectivity index (χ1) is 8.41. The third-order valence-corrected chi connectivity index (χ3v) is 8.05. The minimum absolute atomic E-state index is 0.293. The summed E-state index contributed by atoms with van der Waals surface area (Å²) in [5, 5.41) is 0. The van der Waals surface area contributed by atoms with Gasteiger partial charge in [0.2, 0.25) is 0 Å². The predicted molar refractivity (Wildman–Crippen MR) is 66.9 cm³/mol. The maximum Gasteiger partial charge on any atom is 0.428 e. The largest absolute Gasteiger partial charge is 0.428 e. The molecule has 0 saturated carbocycles. The molecule has 2 N–H and O–H groups in total. The quantitative estimate of drug-likeness (QED) is 0.548. The Hall–Kier alpha value is -0.100. The molecule has 19 heavy (non-hydrogen) atoms. The highest BCUT2D eigenvalue weighted by Crippen LogP contribution is 2.78. The first-order valence-electron chi connectivity index (χ1n) is 4.89. The number of halogens is 2. The lowest BCUT2D eigenvalue weighted by molar-refractivity contribution is -0.135. The van der Waals surface area contributed by atoms with E-state index in [2.05, 4.69) is 9.05 Å². The molecular weight excluding hydrogens is 345 g/mol. The molecule has 0 spiro atoms. The van der Waals surface area contributed by atoms with Gasteiger partial charge in [-0.2, -0.15) is 0 Å². The van der Waals surface area contributed by atoms with Gasteiger partial charge in [0.05, 0.1) is 0 Å². The Morgan fingerprint density at radius 2 is 1.26 bits per heavy atom. The summed E-state index contributed by atoms with van der Waals surface area (Å²) in [4.78, 5) is 40.6. The molecule has 2 unspecified atom stereocenters. The van der Waals surface area contributed by atoms with Crippen molar-refractivity contribution in [3.8, 4) is 0 Å². The highest BCUT2D eigenvalue weighted by atomic mass is 35.5. The van der Waals surface area contributed by atoms with Crippen molar-refractivity contribution in [2.24, 2.45) is 0 Å². The predicted octanol–water partition coefficient (Wildman–Crippen LogP) is 2.35. The van der Waals surface area contributed by atoms with Gasteiger partial charge in [0.1, 0.15) is 0 Å². The zero-order valence-corrected chi connectivity index (χ0v) is 13.2. The summed E-state index contributed by atoms with van der Waals surface area (Å²) < 4.78 is 28.0. The van der Waals surface area contributed by atoms with Crippen molar-refractivity contribution in [3.63, 3.8) is 0 Å². The van der Waals surface area contributed by atoms with E-state index in [1.165, 1.54) is 13.8 Å². The Kier molecular flexibility index (Phi) is 6.53. The zero-order chi connectivity index (χ0) is 15.5. The molecule has 0 radical (unpaired) electrons. The van der Waals surface area contributed by atoms with Crippen LogP contribution in [-0.2, 0) is 27.8 Å². The number of carbonyl (C=O) groups is 2. The number of rotatable bonds is 6. The molecule has 0 aliphatic heterocycles. The van der Waals surface area contributed by atoms with Crippen LogP contribution in [0.2, 0.25) is 0 Å². The molecule has 0 aromatic heterocycles. The minimum atomic E-state index is -5.27. The number of hydrogen-bond donors (Lipinski definition) is 2. The summed E-state index contributed by atoms with van der Waals surface area (Å²) in [6.45, 7) is 2.62. The Bertz CT molecular complexity index is 422. The van der Waals surface area contributed by atoms with Crippen molar-refractivity contribution in [1.29, 1.82) is 0 Å². The van der Waals surface area contributed by atoms with E-state index in [1.807, 2.05) is 0 Å². The fraction of sp³-hybridized carbons (Fsp3) is 0.714. The molecule has 12 heteroatoms. The smallest absolute Gasteiger partial charge is 0.389 e. The molecule has 8 nitrogen and oxygen atoms in total. The average Bonchev–Trinajstić information content (AvgIpc) is 2.26. The Labute approximate surface area is 119 Å². The topological polar surface area (TPSA) is 127 Å². The molecular formula is C7H12Cl2O8P2. The van der Waals surface area contributed by atoms with E-state index in [0.717, 1.165) is 0 Å². The molecule has 0 bridgehead atoms. The lowest BCUT2D eigenvalue weighted by Crippen LogP contribution is -2.20. The molecule has 112 valence electrons. The van der Waals surface area contributed by atoms with Crippen LogP contribution in [0.4, 0.5) is 0 Å². The van der Waals surface area contributed by atoms with E-state index >= 15 is 0 Å². The van der Waals surface area contributed by atoms with Crippen LogP contribution < -0.4 is 0 Å². The molecule has 0 aromatic rings. The van der Waals surface area contributed by atoms with Crippen LogP contribution in [0.5, 0.6) is 0 Å². The average molecular weight is 357 g/mol. The van der Waals surface area contributed by atoms with Gasteiger partial charge in [-0.15, -0.1) is 0 Å². The molecule has 0 aliphatic rings. The Morgan fingerprint density at radius 1 is 1.00 bits per heavy atom. The molecule has 0 saturated heterocycles. The van der Waals surface area contributed by atoms with E-state index in [1.54, 1.807) is 0 Å². The van der Waals surface area contributed by atoms with Gasteiger partial charge < -0.3 is 18.8 Å². The zero-order valence-electron chi connectivity index (χ0n) is 9.91. The lowest BCUT2D eigenvalue weighted by atomic mass is 10.5. The maximum atomic E-state index is 11.6. The van der Waals surface area contributed by atoms with Gasteiger partial charge in [-0.25, -0.2) is 9.13 Å².